The molecule has 0 aromatic heterocycles. The molecule has 0 aliphatic carbocycles. The summed E-state index contributed by atoms with van der Waals surface area (Å²) in [4.78, 5) is 7.19. The van der Waals surface area contributed by atoms with Gasteiger partial charge in [0.25, 0.3) is 0 Å². The highest BCUT2D eigenvalue weighted by atomic mass is 16.6. The molecule has 1 saturated heterocycles. The molecule has 3 nitrogen and oxygen atoms in total. The standard InChI is InChI=1S/C15H24N2O/c1-12-4-3-5-15(13(12)2)17-9-6-14(7-10-17)8-11-18-16/h3-5,14H,6-11,16H2,1-2H3. The summed E-state index contributed by atoms with van der Waals surface area (Å²) in [7, 11) is 0. The summed E-state index contributed by atoms with van der Waals surface area (Å²) in [5, 5.41) is 0. The molecule has 3 heteroatoms. The highest BCUT2D eigenvalue weighted by Gasteiger charge is 2.20. The van der Waals surface area contributed by atoms with E-state index in [-0.39, 0.29) is 0 Å². The minimum absolute atomic E-state index is 0.689. The van der Waals surface area contributed by atoms with Crippen LogP contribution in [0.4, 0.5) is 5.69 Å². The van der Waals surface area contributed by atoms with Crippen LogP contribution >= 0.6 is 0 Å². The van der Waals surface area contributed by atoms with Gasteiger partial charge in [-0.15, -0.1) is 0 Å². The number of benzene rings is 1. The van der Waals surface area contributed by atoms with Gasteiger partial charge in [0.05, 0.1) is 6.61 Å². The molecule has 1 aliphatic heterocycles. The van der Waals surface area contributed by atoms with E-state index in [9.17, 15) is 0 Å². The number of rotatable bonds is 4. The lowest BCUT2D eigenvalue weighted by atomic mass is 9.93. The third-order valence-corrected chi connectivity index (χ3v) is 4.18. The second-order valence-electron chi connectivity index (χ2n) is 5.31. The minimum atomic E-state index is 0.689. The van der Waals surface area contributed by atoms with Crippen LogP contribution in [-0.2, 0) is 4.84 Å². The molecule has 1 aromatic rings. The predicted molar refractivity (Wildman–Crippen MR) is 75.6 cm³/mol. The Labute approximate surface area is 110 Å². The third-order valence-electron chi connectivity index (χ3n) is 4.18. The Bertz CT molecular complexity index is 384. The fraction of sp³-hybridized carbons (Fsp3) is 0.600. The van der Waals surface area contributed by atoms with Crippen LogP contribution in [0.5, 0.6) is 0 Å². The van der Waals surface area contributed by atoms with Crippen LogP contribution in [-0.4, -0.2) is 19.7 Å². The molecule has 0 bridgehead atoms. The van der Waals surface area contributed by atoms with Gasteiger partial charge in [-0.1, -0.05) is 12.1 Å². The number of piperidine rings is 1. The first kappa shape index (κ1) is 13.4. The Kier molecular flexibility index (Phi) is 4.61. The lowest BCUT2D eigenvalue weighted by Crippen LogP contribution is -2.34. The van der Waals surface area contributed by atoms with Crippen LogP contribution in [0.15, 0.2) is 18.2 Å². The number of hydrogen-bond donors (Lipinski definition) is 1. The van der Waals surface area contributed by atoms with E-state index in [0.717, 1.165) is 25.4 Å². The van der Waals surface area contributed by atoms with Gasteiger partial charge in [-0.2, -0.15) is 0 Å². The summed E-state index contributed by atoms with van der Waals surface area (Å²) in [6.45, 7) is 7.40. The van der Waals surface area contributed by atoms with Crippen molar-refractivity contribution >= 4 is 5.69 Å². The second-order valence-corrected chi connectivity index (χ2v) is 5.31. The average molecular weight is 248 g/mol. The third kappa shape index (κ3) is 3.03. The van der Waals surface area contributed by atoms with Crippen molar-refractivity contribution in [3.8, 4) is 0 Å². The van der Waals surface area contributed by atoms with E-state index in [1.165, 1.54) is 29.7 Å². The summed E-state index contributed by atoms with van der Waals surface area (Å²) < 4.78 is 0. The lowest BCUT2D eigenvalue weighted by Gasteiger charge is -2.34. The van der Waals surface area contributed by atoms with Gasteiger partial charge in [-0.3, -0.25) is 0 Å². The molecule has 0 saturated carbocycles. The van der Waals surface area contributed by atoms with Gasteiger partial charge in [0.15, 0.2) is 0 Å². The molecule has 0 spiro atoms. The van der Waals surface area contributed by atoms with Crippen LogP contribution in [0, 0.1) is 19.8 Å². The fourth-order valence-corrected chi connectivity index (χ4v) is 2.78. The number of hydrogen-bond acceptors (Lipinski definition) is 3. The molecule has 1 heterocycles. The molecular formula is C15H24N2O. The Hall–Kier alpha value is -1.06. The molecular weight excluding hydrogens is 224 g/mol. The van der Waals surface area contributed by atoms with Crippen molar-refractivity contribution < 1.29 is 4.84 Å². The molecule has 2 rings (SSSR count). The molecule has 1 aliphatic rings. The van der Waals surface area contributed by atoms with Gasteiger partial charge in [-0.05, 0) is 56.2 Å². The van der Waals surface area contributed by atoms with Crippen molar-refractivity contribution in [2.45, 2.75) is 33.1 Å². The summed E-state index contributed by atoms with van der Waals surface area (Å²) in [6, 6.07) is 6.59. The second kappa shape index (κ2) is 6.21. The molecule has 0 atom stereocenters. The molecule has 0 radical (unpaired) electrons. The van der Waals surface area contributed by atoms with Crippen LogP contribution in [0.3, 0.4) is 0 Å². The van der Waals surface area contributed by atoms with E-state index in [4.69, 9.17) is 5.90 Å². The van der Waals surface area contributed by atoms with Crippen molar-refractivity contribution in [1.29, 1.82) is 0 Å². The number of nitrogens with two attached hydrogens (primary N) is 1. The van der Waals surface area contributed by atoms with Crippen LogP contribution in [0.1, 0.15) is 30.4 Å². The van der Waals surface area contributed by atoms with E-state index in [1.807, 2.05) is 0 Å². The Morgan fingerprint density at radius 2 is 2.00 bits per heavy atom. The summed E-state index contributed by atoms with van der Waals surface area (Å²) in [5.41, 5.74) is 4.20. The van der Waals surface area contributed by atoms with Crippen molar-refractivity contribution in [3.63, 3.8) is 0 Å². The van der Waals surface area contributed by atoms with Crippen LogP contribution in [0.2, 0.25) is 0 Å². The number of anilines is 1. The number of nitrogens with zero attached hydrogens (tertiary/aromatic N) is 1. The molecule has 1 aromatic carbocycles. The van der Waals surface area contributed by atoms with Crippen molar-refractivity contribution in [1.82, 2.24) is 0 Å². The Morgan fingerprint density at radius 3 is 2.67 bits per heavy atom. The SMILES string of the molecule is Cc1cccc(N2CCC(CCON)CC2)c1C. The first-order chi connectivity index (χ1) is 8.72. The normalized spacial score (nSPS) is 17.2. The van der Waals surface area contributed by atoms with Gasteiger partial charge in [0.1, 0.15) is 0 Å². The molecule has 0 unspecified atom stereocenters. The minimum Gasteiger partial charge on any atom is -0.371 e. The quantitative estimate of drug-likeness (QED) is 0.833. The van der Waals surface area contributed by atoms with Crippen LogP contribution < -0.4 is 10.8 Å². The molecule has 0 amide bonds. The first-order valence-corrected chi connectivity index (χ1v) is 6.85. The van der Waals surface area contributed by atoms with Gasteiger partial charge >= 0.3 is 0 Å². The predicted octanol–water partition coefficient (Wildman–Crippen LogP) is 2.80. The topological polar surface area (TPSA) is 38.5 Å². The van der Waals surface area contributed by atoms with Crippen molar-refractivity contribution in [2.24, 2.45) is 11.8 Å². The highest BCUT2D eigenvalue weighted by Crippen LogP contribution is 2.28. The molecule has 18 heavy (non-hydrogen) atoms. The van der Waals surface area contributed by atoms with Gasteiger partial charge in [-0.25, -0.2) is 5.90 Å². The maximum atomic E-state index is 5.09. The fourth-order valence-electron chi connectivity index (χ4n) is 2.78. The van der Waals surface area contributed by atoms with E-state index in [2.05, 4.69) is 41.8 Å². The Morgan fingerprint density at radius 1 is 1.28 bits per heavy atom. The largest absolute Gasteiger partial charge is 0.371 e. The highest BCUT2D eigenvalue weighted by molar-refractivity contribution is 5.56. The zero-order valence-electron chi connectivity index (χ0n) is 11.5. The maximum absolute atomic E-state index is 5.09. The van der Waals surface area contributed by atoms with E-state index >= 15 is 0 Å². The smallest absolute Gasteiger partial charge is 0.0681 e. The van der Waals surface area contributed by atoms with Gasteiger partial charge in [0.2, 0.25) is 0 Å². The molecule has 100 valence electrons. The van der Waals surface area contributed by atoms with Crippen molar-refractivity contribution in [3.05, 3.63) is 29.3 Å². The lowest BCUT2D eigenvalue weighted by molar-refractivity contribution is 0.118. The summed E-state index contributed by atoms with van der Waals surface area (Å²) >= 11 is 0. The zero-order valence-corrected chi connectivity index (χ0v) is 11.5. The maximum Gasteiger partial charge on any atom is 0.0681 e. The molecule has 1 fully saturated rings. The summed E-state index contributed by atoms with van der Waals surface area (Å²) in [6.07, 6.45) is 3.59. The summed E-state index contributed by atoms with van der Waals surface area (Å²) in [5.74, 6) is 5.86. The Balaban J connectivity index is 1.95. The molecule has 2 N–H and O–H groups in total. The van der Waals surface area contributed by atoms with E-state index in [0.29, 0.717) is 6.61 Å². The van der Waals surface area contributed by atoms with Crippen molar-refractivity contribution in [2.75, 3.05) is 24.6 Å². The number of aryl methyl sites for hydroxylation is 1. The average Bonchev–Trinajstić information content (AvgIpc) is 2.40. The zero-order chi connectivity index (χ0) is 13.0. The monoisotopic (exact) mass is 248 g/mol. The van der Waals surface area contributed by atoms with Gasteiger partial charge < -0.3 is 9.74 Å². The van der Waals surface area contributed by atoms with E-state index < -0.39 is 0 Å². The van der Waals surface area contributed by atoms with Crippen LogP contribution in [0.25, 0.3) is 0 Å². The first-order valence-electron chi connectivity index (χ1n) is 6.85. The van der Waals surface area contributed by atoms with E-state index in [1.54, 1.807) is 0 Å². The van der Waals surface area contributed by atoms with Gasteiger partial charge in [0, 0.05) is 18.8 Å².